The quantitative estimate of drug-likeness (QED) is 0.654. The van der Waals surface area contributed by atoms with Gasteiger partial charge in [0.15, 0.2) is 17.3 Å². The molecule has 0 aromatic heterocycles. The third kappa shape index (κ3) is 4.23. The average molecular weight is 467 g/mol. The minimum absolute atomic E-state index is 0.0175. The summed E-state index contributed by atoms with van der Waals surface area (Å²) in [4.78, 5) is 26.7. The lowest BCUT2D eigenvalue weighted by Crippen LogP contribution is -2.35. The Bertz CT molecular complexity index is 1190. The van der Waals surface area contributed by atoms with Crippen molar-refractivity contribution in [2.24, 2.45) is 0 Å². The first-order chi connectivity index (χ1) is 16.4. The molecule has 1 atom stereocenters. The lowest BCUT2D eigenvalue weighted by molar-refractivity contribution is -0.116. The Morgan fingerprint density at radius 1 is 1.06 bits per heavy atom. The van der Waals surface area contributed by atoms with Gasteiger partial charge in [-0.25, -0.2) is 4.39 Å². The molecule has 1 heterocycles. The summed E-state index contributed by atoms with van der Waals surface area (Å²) in [6.07, 6.45) is 1.85. The second-order valence-electron chi connectivity index (χ2n) is 8.19. The molecule has 2 aromatic carbocycles. The molecular weight excluding hydrogens is 439 g/mol. The molecule has 0 saturated heterocycles. The number of ether oxygens (including phenoxy) is 3. The number of carbonyl (C=O) groups is 2. The zero-order chi connectivity index (χ0) is 24.4. The van der Waals surface area contributed by atoms with E-state index in [1.165, 1.54) is 39.5 Å². The van der Waals surface area contributed by atoms with Crippen LogP contribution in [0.15, 0.2) is 58.9 Å². The van der Waals surface area contributed by atoms with Crippen LogP contribution in [0.25, 0.3) is 0 Å². The Hall–Kier alpha value is -3.81. The summed E-state index contributed by atoms with van der Waals surface area (Å²) in [5.74, 6) is -0.314. The summed E-state index contributed by atoms with van der Waals surface area (Å²) in [6.45, 7) is 1.80. The zero-order valence-corrected chi connectivity index (χ0v) is 19.6. The van der Waals surface area contributed by atoms with E-state index in [1.54, 1.807) is 25.1 Å². The van der Waals surface area contributed by atoms with E-state index >= 15 is 0 Å². The fraction of sp³-hybridized carbons (Fsp3) is 0.308. The zero-order valence-electron chi connectivity index (χ0n) is 19.6. The lowest BCUT2D eigenvalue weighted by atomic mass is 9.75. The standard InChI is InChI=1S/C26H27FN2O5/c1-14-22(26(31)29-17-8-5-7-16(27)13-17)23(24-18(28-14)9-6-10-19(24)30)15-11-20(32-2)25(34-4)21(12-15)33-3/h5,7-8,11-13,23,28H,6,9-10H2,1-4H3,(H,29,31). The molecule has 34 heavy (non-hydrogen) atoms. The smallest absolute Gasteiger partial charge is 0.254 e. The molecule has 0 bridgehead atoms. The van der Waals surface area contributed by atoms with Gasteiger partial charge in [-0.05, 0) is 55.7 Å². The molecule has 4 rings (SSSR count). The van der Waals surface area contributed by atoms with E-state index in [0.29, 0.717) is 58.2 Å². The van der Waals surface area contributed by atoms with Crippen LogP contribution in [0.3, 0.4) is 0 Å². The number of halogens is 1. The number of anilines is 1. The Morgan fingerprint density at radius 3 is 2.38 bits per heavy atom. The average Bonchev–Trinajstić information content (AvgIpc) is 2.82. The number of benzene rings is 2. The van der Waals surface area contributed by atoms with Crippen molar-refractivity contribution in [3.63, 3.8) is 0 Å². The molecule has 1 aliphatic heterocycles. The molecule has 2 N–H and O–H groups in total. The highest BCUT2D eigenvalue weighted by molar-refractivity contribution is 6.09. The Kier molecular flexibility index (Phi) is 6.58. The van der Waals surface area contributed by atoms with Gasteiger partial charge in [0.25, 0.3) is 5.91 Å². The number of dihydropyridines is 1. The molecule has 1 unspecified atom stereocenters. The molecule has 0 fully saturated rings. The van der Waals surface area contributed by atoms with Gasteiger partial charge in [-0.3, -0.25) is 9.59 Å². The number of carbonyl (C=O) groups excluding carboxylic acids is 2. The fourth-order valence-corrected chi connectivity index (χ4v) is 4.65. The number of hydrogen-bond acceptors (Lipinski definition) is 6. The second kappa shape index (κ2) is 9.59. The van der Waals surface area contributed by atoms with Crippen LogP contribution in [-0.4, -0.2) is 33.0 Å². The SMILES string of the molecule is COc1cc(C2C(C(=O)Nc3cccc(F)c3)=C(C)NC3=C2C(=O)CCC3)cc(OC)c1OC. The Labute approximate surface area is 197 Å². The number of ketones is 1. The van der Waals surface area contributed by atoms with Crippen molar-refractivity contribution < 1.29 is 28.2 Å². The molecule has 8 heteroatoms. The van der Waals surface area contributed by atoms with Crippen LogP contribution in [0, 0.1) is 5.82 Å². The summed E-state index contributed by atoms with van der Waals surface area (Å²) in [6, 6.07) is 9.19. The van der Waals surface area contributed by atoms with Crippen molar-refractivity contribution in [1.82, 2.24) is 5.32 Å². The van der Waals surface area contributed by atoms with Gasteiger partial charge in [-0.15, -0.1) is 0 Å². The molecule has 2 aromatic rings. The highest BCUT2D eigenvalue weighted by atomic mass is 19.1. The summed E-state index contributed by atoms with van der Waals surface area (Å²) in [5, 5.41) is 6.05. The second-order valence-corrected chi connectivity index (χ2v) is 8.19. The molecular formula is C26H27FN2O5. The predicted octanol–water partition coefficient (Wildman–Crippen LogP) is 4.46. The van der Waals surface area contributed by atoms with E-state index in [0.717, 1.165) is 12.1 Å². The van der Waals surface area contributed by atoms with E-state index in [4.69, 9.17) is 14.2 Å². The Balaban J connectivity index is 1.87. The van der Waals surface area contributed by atoms with Crippen LogP contribution in [0.5, 0.6) is 17.2 Å². The highest BCUT2D eigenvalue weighted by Gasteiger charge is 2.39. The van der Waals surface area contributed by atoms with Crippen LogP contribution < -0.4 is 24.8 Å². The molecule has 7 nitrogen and oxygen atoms in total. The van der Waals surface area contributed by atoms with Crippen LogP contribution in [0.2, 0.25) is 0 Å². The first-order valence-electron chi connectivity index (χ1n) is 11.0. The van der Waals surface area contributed by atoms with Gasteiger partial charge in [-0.1, -0.05) is 6.07 Å². The number of hydrogen-bond donors (Lipinski definition) is 2. The van der Waals surface area contributed by atoms with Crippen molar-refractivity contribution >= 4 is 17.4 Å². The molecule has 178 valence electrons. The third-order valence-electron chi connectivity index (χ3n) is 6.12. The van der Waals surface area contributed by atoms with Gasteiger partial charge in [0.2, 0.25) is 5.75 Å². The van der Waals surface area contributed by atoms with E-state index in [-0.39, 0.29) is 5.78 Å². The minimum atomic E-state index is -0.661. The predicted molar refractivity (Wildman–Crippen MR) is 126 cm³/mol. The number of methoxy groups -OCH3 is 3. The maximum atomic E-state index is 13.7. The van der Waals surface area contributed by atoms with Crippen molar-refractivity contribution in [1.29, 1.82) is 0 Å². The van der Waals surface area contributed by atoms with Crippen LogP contribution >= 0.6 is 0 Å². The van der Waals surface area contributed by atoms with Gasteiger partial charge < -0.3 is 24.8 Å². The van der Waals surface area contributed by atoms with Crippen LogP contribution in [0.1, 0.15) is 37.7 Å². The molecule has 0 saturated carbocycles. The van der Waals surface area contributed by atoms with Gasteiger partial charge >= 0.3 is 0 Å². The molecule has 1 amide bonds. The number of rotatable bonds is 6. The maximum absolute atomic E-state index is 13.7. The van der Waals surface area contributed by atoms with Crippen molar-refractivity contribution in [3.8, 4) is 17.2 Å². The molecule has 2 aliphatic rings. The van der Waals surface area contributed by atoms with Gasteiger partial charge in [0.1, 0.15) is 5.82 Å². The number of amides is 1. The third-order valence-corrected chi connectivity index (χ3v) is 6.12. The van der Waals surface area contributed by atoms with E-state index < -0.39 is 17.6 Å². The number of allylic oxidation sites excluding steroid dienone is 3. The van der Waals surface area contributed by atoms with Crippen LogP contribution in [-0.2, 0) is 9.59 Å². The molecule has 0 radical (unpaired) electrons. The monoisotopic (exact) mass is 466 g/mol. The number of Topliss-reactive ketones (excluding diaryl/α,β-unsaturated/α-hetero) is 1. The number of nitrogens with one attached hydrogen (secondary N) is 2. The van der Waals surface area contributed by atoms with Gasteiger partial charge in [0.05, 0.1) is 21.3 Å². The van der Waals surface area contributed by atoms with E-state index in [9.17, 15) is 14.0 Å². The summed E-state index contributed by atoms with van der Waals surface area (Å²) in [5.41, 5.74) is 3.34. The fourth-order valence-electron chi connectivity index (χ4n) is 4.65. The largest absolute Gasteiger partial charge is 0.493 e. The van der Waals surface area contributed by atoms with Crippen molar-refractivity contribution in [2.75, 3.05) is 26.6 Å². The molecule has 0 spiro atoms. The lowest BCUT2D eigenvalue weighted by Gasteiger charge is -2.35. The summed E-state index contributed by atoms with van der Waals surface area (Å²) >= 11 is 0. The van der Waals surface area contributed by atoms with E-state index in [1.807, 2.05) is 0 Å². The Morgan fingerprint density at radius 2 is 1.76 bits per heavy atom. The summed E-state index contributed by atoms with van der Waals surface area (Å²) in [7, 11) is 4.54. The van der Waals surface area contributed by atoms with Crippen molar-refractivity contribution in [2.45, 2.75) is 32.1 Å². The maximum Gasteiger partial charge on any atom is 0.254 e. The van der Waals surface area contributed by atoms with Gasteiger partial charge in [0, 0.05) is 40.6 Å². The first kappa shape index (κ1) is 23.4. The summed E-state index contributed by atoms with van der Waals surface area (Å²) < 4.78 is 30.2. The highest BCUT2D eigenvalue weighted by Crippen LogP contribution is 2.47. The first-order valence-corrected chi connectivity index (χ1v) is 11.0. The normalized spacial score (nSPS) is 17.7. The molecule has 1 aliphatic carbocycles. The topological polar surface area (TPSA) is 85.9 Å². The van der Waals surface area contributed by atoms with Crippen LogP contribution in [0.4, 0.5) is 10.1 Å². The van der Waals surface area contributed by atoms with Gasteiger partial charge in [-0.2, -0.15) is 0 Å². The van der Waals surface area contributed by atoms with E-state index in [2.05, 4.69) is 10.6 Å². The van der Waals surface area contributed by atoms with Crippen molar-refractivity contribution in [3.05, 3.63) is 70.3 Å². The minimum Gasteiger partial charge on any atom is -0.493 e.